The molecule has 1 aliphatic heterocycles. The minimum absolute atomic E-state index is 0.0447. The summed E-state index contributed by atoms with van der Waals surface area (Å²) < 4.78 is 0. The Morgan fingerprint density at radius 2 is 1.88 bits per heavy atom. The molecule has 1 aromatic heterocycles. The van der Waals surface area contributed by atoms with Crippen molar-refractivity contribution in [1.82, 2.24) is 15.0 Å². The molecule has 0 radical (unpaired) electrons. The number of piperidine rings is 1. The highest BCUT2D eigenvalue weighted by atomic mass is 35.5. The molecule has 2 rings (SSSR count). The summed E-state index contributed by atoms with van der Waals surface area (Å²) in [5, 5.41) is 9.44. The Kier molecular flexibility index (Phi) is 3.78. The van der Waals surface area contributed by atoms with E-state index in [1.807, 2.05) is 4.90 Å². The second-order valence-corrected chi connectivity index (χ2v) is 4.38. The van der Waals surface area contributed by atoms with Crippen LogP contribution in [0, 0.1) is 0 Å². The Bertz CT molecular complexity index is 356. The number of hydrogen-bond acceptors (Lipinski definition) is 5. The van der Waals surface area contributed by atoms with Gasteiger partial charge in [-0.3, -0.25) is 0 Å². The molecule has 16 heavy (non-hydrogen) atoms. The average Bonchev–Trinajstić information content (AvgIpc) is 2.27. The number of nitrogens with zero attached hydrogens (tertiary/aromatic N) is 4. The van der Waals surface area contributed by atoms with Gasteiger partial charge in [0.15, 0.2) is 0 Å². The molecule has 2 heterocycles. The largest absolute Gasteiger partial charge is 0.394 e. The highest BCUT2D eigenvalue weighted by Crippen LogP contribution is 2.23. The minimum Gasteiger partial charge on any atom is -0.394 e. The summed E-state index contributed by atoms with van der Waals surface area (Å²) in [6.45, 7) is 0.892. The lowest BCUT2D eigenvalue weighted by Gasteiger charge is -2.34. The van der Waals surface area contributed by atoms with E-state index in [4.69, 9.17) is 23.2 Å². The predicted molar refractivity (Wildman–Crippen MR) is 61.9 cm³/mol. The molecule has 0 amide bonds. The topological polar surface area (TPSA) is 62.1 Å². The molecule has 1 saturated heterocycles. The molecule has 1 unspecified atom stereocenters. The molecular formula is C9H12Cl2N4O. The fourth-order valence-corrected chi connectivity index (χ4v) is 2.25. The van der Waals surface area contributed by atoms with Gasteiger partial charge in [0.2, 0.25) is 16.5 Å². The molecule has 1 fully saturated rings. The van der Waals surface area contributed by atoms with Crippen molar-refractivity contribution in [2.24, 2.45) is 0 Å². The van der Waals surface area contributed by atoms with Crippen LogP contribution in [0.3, 0.4) is 0 Å². The standard InChI is InChI=1S/C9H12Cl2N4O/c10-7-12-8(11)14-9(13-7)15-4-2-1-3-6(15)5-16/h6,16H,1-5H2. The minimum atomic E-state index is 0.0447. The molecule has 88 valence electrons. The highest BCUT2D eigenvalue weighted by molar-refractivity contribution is 6.31. The summed E-state index contributed by atoms with van der Waals surface area (Å²) in [6.07, 6.45) is 3.09. The van der Waals surface area contributed by atoms with E-state index in [2.05, 4.69) is 15.0 Å². The summed E-state index contributed by atoms with van der Waals surface area (Å²) >= 11 is 11.4. The second-order valence-electron chi connectivity index (χ2n) is 3.70. The van der Waals surface area contributed by atoms with Crippen LogP contribution in [-0.4, -0.2) is 39.3 Å². The van der Waals surface area contributed by atoms with Crippen LogP contribution in [-0.2, 0) is 0 Å². The first-order chi connectivity index (χ1) is 7.70. The van der Waals surface area contributed by atoms with Crippen molar-refractivity contribution in [2.45, 2.75) is 25.3 Å². The lowest BCUT2D eigenvalue weighted by atomic mass is 10.0. The zero-order valence-electron chi connectivity index (χ0n) is 8.60. The molecule has 0 aliphatic carbocycles. The van der Waals surface area contributed by atoms with Crippen LogP contribution in [0.4, 0.5) is 5.95 Å². The van der Waals surface area contributed by atoms with Crippen molar-refractivity contribution in [3.8, 4) is 0 Å². The third-order valence-corrected chi connectivity index (χ3v) is 3.00. The number of aliphatic hydroxyl groups excluding tert-OH is 1. The molecule has 0 saturated carbocycles. The van der Waals surface area contributed by atoms with Crippen molar-refractivity contribution in [1.29, 1.82) is 0 Å². The van der Waals surface area contributed by atoms with Gasteiger partial charge in [0, 0.05) is 6.54 Å². The van der Waals surface area contributed by atoms with E-state index in [9.17, 15) is 5.11 Å². The smallest absolute Gasteiger partial charge is 0.231 e. The summed E-state index contributed by atoms with van der Waals surface area (Å²) in [5.41, 5.74) is 0. The normalized spacial score (nSPS) is 21.2. The monoisotopic (exact) mass is 262 g/mol. The van der Waals surface area contributed by atoms with Crippen LogP contribution >= 0.6 is 23.2 Å². The number of aromatic nitrogens is 3. The van der Waals surface area contributed by atoms with Gasteiger partial charge < -0.3 is 10.0 Å². The van der Waals surface area contributed by atoms with Gasteiger partial charge in [-0.15, -0.1) is 0 Å². The van der Waals surface area contributed by atoms with Crippen LogP contribution in [0.5, 0.6) is 0 Å². The van der Waals surface area contributed by atoms with Gasteiger partial charge in [-0.2, -0.15) is 15.0 Å². The van der Waals surface area contributed by atoms with Gasteiger partial charge in [0.25, 0.3) is 0 Å². The maximum absolute atomic E-state index is 9.28. The lowest BCUT2D eigenvalue weighted by molar-refractivity contribution is 0.238. The van der Waals surface area contributed by atoms with E-state index >= 15 is 0 Å². The number of halogens is 2. The average molecular weight is 263 g/mol. The Labute approximate surface area is 103 Å². The maximum atomic E-state index is 9.28. The molecule has 1 aliphatic rings. The van der Waals surface area contributed by atoms with Crippen LogP contribution in [0.15, 0.2) is 0 Å². The van der Waals surface area contributed by atoms with Crippen molar-refractivity contribution >= 4 is 29.2 Å². The van der Waals surface area contributed by atoms with Gasteiger partial charge >= 0.3 is 0 Å². The van der Waals surface area contributed by atoms with Crippen molar-refractivity contribution in [2.75, 3.05) is 18.1 Å². The third kappa shape index (κ3) is 2.53. The van der Waals surface area contributed by atoms with E-state index in [0.29, 0.717) is 5.95 Å². The van der Waals surface area contributed by atoms with Gasteiger partial charge in [0.05, 0.1) is 12.6 Å². The summed E-state index contributed by atoms with van der Waals surface area (Å²) in [5.74, 6) is 0.448. The zero-order chi connectivity index (χ0) is 11.5. The predicted octanol–water partition coefficient (Wildman–Crippen LogP) is 1.53. The zero-order valence-corrected chi connectivity index (χ0v) is 10.1. The Morgan fingerprint density at radius 3 is 2.50 bits per heavy atom. The second kappa shape index (κ2) is 5.12. The maximum Gasteiger partial charge on any atom is 0.231 e. The number of rotatable bonds is 2. The van der Waals surface area contributed by atoms with Crippen LogP contribution in [0.25, 0.3) is 0 Å². The van der Waals surface area contributed by atoms with Crippen LogP contribution in [0.1, 0.15) is 19.3 Å². The number of anilines is 1. The van der Waals surface area contributed by atoms with Gasteiger partial charge in [-0.05, 0) is 42.5 Å². The van der Waals surface area contributed by atoms with E-state index < -0.39 is 0 Å². The quantitative estimate of drug-likeness (QED) is 0.876. The number of hydrogen-bond donors (Lipinski definition) is 1. The first-order valence-electron chi connectivity index (χ1n) is 5.15. The van der Waals surface area contributed by atoms with Gasteiger partial charge in [-0.25, -0.2) is 0 Å². The first kappa shape index (κ1) is 11.8. The molecule has 0 spiro atoms. The van der Waals surface area contributed by atoms with E-state index in [0.717, 1.165) is 25.8 Å². The summed E-state index contributed by atoms with van der Waals surface area (Å²) in [4.78, 5) is 13.7. The molecular weight excluding hydrogens is 251 g/mol. The lowest BCUT2D eigenvalue weighted by Crippen LogP contribution is -2.43. The molecule has 1 N–H and O–H groups in total. The van der Waals surface area contributed by atoms with E-state index in [1.165, 1.54) is 0 Å². The SMILES string of the molecule is OCC1CCCCN1c1nc(Cl)nc(Cl)n1. The molecule has 7 heteroatoms. The molecule has 0 aromatic carbocycles. The summed E-state index contributed by atoms with van der Waals surface area (Å²) in [7, 11) is 0. The number of aliphatic hydroxyl groups is 1. The van der Waals surface area contributed by atoms with Gasteiger partial charge in [-0.1, -0.05) is 0 Å². The summed E-state index contributed by atoms with van der Waals surface area (Å²) in [6, 6.07) is 0.0447. The van der Waals surface area contributed by atoms with Crippen LogP contribution < -0.4 is 4.90 Å². The molecule has 1 aromatic rings. The Hall–Kier alpha value is -0.650. The molecule has 1 atom stereocenters. The fourth-order valence-electron chi connectivity index (χ4n) is 1.90. The fraction of sp³-hybridized carbons (Fsp3) is 0.667. The van der Waals surface area contributed by atoms with Crippen molar-refractivity contribution < 1.29 is 5.11 Å². The molecule has 5 nitrogen and oxygen atoms in total. The highest BCUT2D eigenvalue weighted by Gasteiger charge is 2.24. The van der Waals surface area contributed by atoms with Crippen LogP contribution in [0.2, 0.25) is 10.6 Å². The third-order valence-electron chi connectivity index (χ3n) is 2.66. The van der Waals surface area contributed by atoms with E-state index in [-0.39, 0.29) is 23.2 Å². The van der Waals surface area contributed by atoms with Crippen molar-refractivity contribution in [3.63, 3.8) is 0 Å². The first-order valence-corrected chi connectivity index (χ1v) is 5.91. The Balaban J connectivity index is 2.26. The van der Waals surface area contributed by atoms with E-state index in [1.54, 1.807) is 0 Å². The van der Waals surface area contributed by atoms with Gasteiger partial charge in [0.1, 0.15) is 0 Å². The van der Waals surface area contributed by atoms with Crippen molar-refractivity contribution in [3.05, 3.63) is 10.6 Å². The molecule has 0 bridgehead atoms. The Morgan fingerprint density at radius 1 is 1.19 bits per heavy atom.